The second kappa shape index (κ2) is 30.0. The number of carbonyl (C=O) groups excluding carboxylic acids is 6. The first-order valence-corrected chi connectivity index (χ1v) is 18.5. The monoisotopic (exact) mass is 851 g/mol. The van der Waals surface area contributed by atoms with E-state index in [9.17, 15) is 64.5 Å². The van der Waals surface area contributed by atoms with Crippen LogP contribution in [0.25, 0.3) is 0 Å². The molecule has 0 bridgehead atoms. The summed E-state index contributed by atoms with van der Waals surface area (Å²) in [5.74, 6) is -8.38. The van der Waals surface area contributed by atoms with E-state index in [4.69, 9.17) is 15.3 Å². The highest BCUT2D eigenvalue weighted by Gasteiger charge is 2.30. The molecule has 21 heteroatoms. The average Bonchev–Trinajstić information content (AvgIpc) is 3.17. The normalized spacial score (nSPS) is 13.6. The Kier molecular flexibility index (Phi) is 27.5. The Morgan fingerprint density at radius 1 is 0.617 bits per heavy atom. The third-order valence-corrected chi connectivity index (χ3v) is 8.75. The van der Waals surface area contributed by atoms with Gasteiger partial charge in [0.2, 0.25) is 5.91 Å². The van der Waals surface area contributed by atoms with Crippen molar-refractivity contribution < 1.29 is 85.1 Å². The maximum Gasteiger partial charge on any atom is 0.223 e. The zero-order valence-corrected chi connectivity index (χ0v) is 32.7. The molecule has 0 aliphatic rings. The van der Waals surface area contributed by atoms with E-state index in [1.807, 2.05) is 60.7 Å². The topological polar surface area (TPSA) is 348 Å². The van der Waals surface area contributed by atoms with E-state index in [1.165, 1.54) is 4.90 Å². The smallest absolute Gasteiger partial charge is 0.223 e. The average molecular weight is 852 g/mol. The Balaban J connectivity index is 0.00000213. The molecule has 60 heavy (non-hydrogen) atoms. The van der Waals surface area contributed by atoms with Crippen molar-refractivity contribution in [3.63, 3.8) is 0 Å². The number of rotatable bonds is 29. The lowest BCUT2D eigenvalue weighted by atomic mass is 10.0. The Bertz CT molecular complexity index is 1460. The van der Waals surface area contributed by atoms with Crippen LogP contribution in [-0.4, -0.2) is 184 Å². The van der Waals surface area contributed by atoms with Gasteiger partial charge in [-0.25, -0.2) is 0 Å². The number of carbonyl (C=O) groups is 6. The summed E-state index contributed by atoms with van der Waals surface area (Å²) < 4.78 is 0. The lowest BCUT2D eigenvalue weighted by Crippen LogP contribution is -2.83. The fourth-order valence-corrected chi connectivity index (χ4v) is 5.77. The van der Waals surface area contributed by atoms with Gasteiger partial charge in [0.05, 0.1) is 43.5 Å². The molecule has 0 heterocycles. The Hall–Kier alpha value is -5.10. The van der Waals surface area contributed by atoms with Crippen molar-refractivity contribution in [1.82, 2.24) is 19.6 Å². The SMILES string of the molecule is C.C[NH2+]C[C@H](O)[C@@H](O)[C@H](O)C(O)CO.O=C([O-])CN(CCN(CCN(CC(=O)[O-])CC(=O)[O-])[C@@H](CCC(=O)N(Cc1ccccc1)Cc1ccccc1)C(=O)[O-])CC(=O)[O-]. The molecule has 0 aliphatic carbocycles. The predicted molar refractivity (Wildman–Crippen MR) is 200 cm³/mol. The molecule has 0 saturated carbocycles. The summed E-state index contributed by atoms with van der Waals surface area (Å²) in [5.41, 5.74) is 1.68. The number of nitrogens with zero attached hydrogens (tertiary/aromatic N) is 4. The summed E-state index contributed by atoms with van der Waals surface area (Å²) in [7, 11) is 1.70. The minimum atomic E-state index is -1.61. The molecule has 5 atom stereocenters. The number of carboxylic acid groups (broad SMARTS) is 5. The van der Waals surface area contributed by atoms with Crippen LogP contribution in [0.15, 0.2) is 60.7 Å². The molecule has 0 fully saturated rings. The Morgan fingerprint density at radius 2 is 1.00 bits per heavy atom. The van der Waals surface area contributed by atoms with Gasteiger partial charge in [-0.3, -0.25) is 19.5 Å². The maximum atomic E-state index is 13.5. The van der Waals surface area contributed by atoms with Gasteiger partial charge in [-0.05, 0) is 17.5 Å². The molecule has 0 saturated heterocycles. The van der Waals surface area contributed by atoms with Gasteiger partial charge in [-0.1, -0.05) is 68.1 Å². The van der Waals surface area contributed by atoms with Crippen molar-refractivity contribution in [1.29, 1.82) is 0 Å². The molecular weight excluding hydrogens is 794 g/mol. The second-order valence-corrected chi connectivity index (χ2v) is 13.5. The van der Waals surface area contributed by atoms with Crippen molar-refractivity contribution in [2.75, 3.05) is 72.6 Å². The summed E-state index contributed by atoms with van der Waals surface area (Å²) in [6, 6.07) is 16.8. The lowest BCUT2D eigenvalue weighted by Gasteiger charge is -2.36. The number of carboxylic acids is 5. The fraction of sp³-hybridized carbons (Fsp3) is 0.538. The van der Waals surface area contributed by atoms with Crippen molar-refractivity contribution in [3.05, 3.63) is 71.8 Å². The third-order valence-electron chi connectivity index (χ3n) is 8.75. The summed E-state index contributed by atoms with van der Waals surface area (Å²) in [4.78, 5) is 75.1. The zero-order chi connectivity index (χ0) is 44.5. The zero-order valence-electron chi connectivity index (χ0n) is 32.7. The Labute approximate surface area is 348 Å². The molecule has 7 N–H and O–H groups in total. The van der Waals surface area contributed by atoms with Crippen LogP contribution in [-0.2, 0) is 41.9 Å². The maximum absolute atomic E-state index is 13.5. The van der Waals surface area contributed by atoms with Crippen LogP contribution in [0.5, 0.6) is 0 Å². The first-order valence-electron chi connectivity index (χ1n) is 18.5. The molecule has 2 aromatic rings. The molecule has 338 valence electrons. The quantitative estimate of drug-likeness (QED) is 0.0442. The number of aliphatic carboxylic acids is 5. The van der Waals surface area contributed by atoms with Gasteiger partial charge in [-0.15, -0.1) is 0 Å². The number of aliphatic hydroxyl groups excluding tert-OH is 5. The molecular formula is C39H57N5O16-4. The molecule has 2 rings (SSSR count). The van der Waals surface area contributed by atoms with Crippen LogP contribution in [0.4, 0.5) is 0 Å². The van der Waals surface area contributed by atoms with Crippen LogP contribution < -0.4 is 30.8 Å². The number of hydrogen-bond donors (Lipinski definition) is 6. The standard InChI is InChI=1S/C31H40N4O11.C7H17NO5.CH4/c36-26(35(17-23-7-3-1-4-8-23)18-24-9-5-2-6-10-24)12-11-25(31(45)46)34(15-13-32(19-27(37)38)20-28(39)40)16-14-33(21-29(41)42)22-30(43)44;1-8-2-4(10)6(12)7(13)5(11)3-9;/h1-10,25H,11-22H2,(H,37,38)(H,39,40)(H,41,42)(H,43,44)(H,45,46);4-13H,2-3H2,1H3;1H4/p-4/t25-;4-,5?,6+,7+;/m00./s1. The van der Waals surface area contributed by atoms with E-state index in [2.05, 4.69) is 0 Å². The van der Waals surface area contributed by atoms with Gasteiger partial charge >= 0.3 is 0 Å². The van der Waals surface area contributed by atoms with Crippen molar-refractivity contribution in [3.8, 4) is 0 Å². The largest absolute Gasteiger partial charge is 0.549 e. The van der Waals surface area contributed by atoms with Crippen molar-refractivity contribution >= 4 is 35.8 Å². The minimum Gasteiger partial charge on any atom is -0.549 e. The number of benzene rings is 2. The highest BCUT2D eigenvalue weighted by Crippen LogP contribution is 2.15. The van der Waals surface area contributed by atoms with Gasteiger partial charge in [0.25, 0.3) is 0 Å². The van der Waals surface area contributed by atoms with E-state index < -0.39 is 93.1 Å². The number of hydrogen-bond acceptors (Lipinski definition) is 19. The first-order chi connectivity index (χ1) is 27.9. The van der Waals surface area contributed by atoms with E-state index in [0.29, 0.717) is 0 Å². The van der Waals surface area contributed by atoms with Crippen LogP contribution in [0.2, 0.25) is 0 Å². The van der Waals surface area contributed by atoms with E-state index >= 15 is 0 Å². The van der Waals surface area contributed by atoms with Crippen LogP contribution in [0.3, 0.4) is 0 Å². The summed E-state index contributed by atoms with van der Waals surface area (Å²) >= 11 is 0. The Morgan fingerprint density at radius 3 is 1.33 bits per heavy atom. The fourth-order valence-electron chi connectivity index (χ4n) is 5.77. The van der Waals surface area contributed by atoms with Gasteiger partial charge < -0.3 is 85.3 Å². The molecule has 0 aliphatic heterocycles. The molecule has 0 aromatic heterocycles. The van der Waals surface area contributed by atoms with Crippen LogP contribution in [0, 0.1) is 0 Å². The third kappa shape index (κ3) is 22.9. The first kappa shape index (κ1) is 54.9. The van der Waals surface area contributed by atoms with Crippen molar-refractivity contribution in [2.24, 2.45) is 0 Å². The minimum absolute atomic E-state index is 0. The molecule has 2 aromatic carbocycles. The summed E-state index contributed by atoms with van der Waals surface area (Å²) in [6.07, 6.45) is -6.08. The number of aliphatic hydroxyl groups is 5. The van der Waals surface area contributed by atoms with Gasteiger partial charge in [0.15, 0.2) is 0 Å². The van der Waals surface area contributed by atoms with Crippen molar-refractivity contribution in [2.45, 2.75) is 63.8 Å². The van der Waals surface area contributed by atoms with Crippen LogP contribution in [0.1, 0.15) is 31.4 Å². The highest BCUT2D eigenvalue weighted by atomic mass is 16.4. The van der Waals surface area contributed by atoms with Gasteiger partial charge in [0.1, 0.15) is 31.0 Å². The summed E-state index contributed by atoms with van der Waals surface area (Å²) in [5, 5.41) is 104. The second-order valence-electron chi connectivity index (χ2n) is 13.5. The number of likely N-dealkylation sites (N-methyl/N-ethyl adjacent to an activating group) is 1. The molecule has 21 nitrogen and oxygen atoms in total. The predicted octanol–water partition coefficient (Wildman–Crippen LogP) is -9.73. The highest BCUT2D eigenvalue weighted by molar-refractivity contribution is 5.78. The van der Waals surface area contributed by atoms with E-state index in [-0.39, 0.29) is 72.0 Å². The lowest BCUT2D eigenvalue weighted by molar-refractivity contribution is -0.635. The number of amides is 1. The van der Waals surface area contributed by atoms with E-state index in [0.717, 1.165) is 20.9 Å². The van der Waals surface area contributed by atoms with E-state index in [1.54, 1.807) is 17.3 Å². The van der Waals surface area contributed by atoms with Gasteiger partial charge in [-0.2, -0.15) is 0 Å². The van der Waals surface area contributed by atoms with Gasteiger partial charge in [0, 0.05) is 77.9 Å². The summed E-state index contributed by atoms with van der Waals surface area (Å²) in [6.45, 7) is -4.41. The molecule has 0 spiro atoms. The number of quaternary nitrogens is 1. The molecule has 1 unspecified atom stereocenters. The molecule has 1 amide bonds. The van der Waals surface area contributed by atoms with Crippen LogP contribution >= 0.6 is 0 Å². The number of nitrogens with two attached hydrogens (primary N) is 1. The molecule has 0 radical (unpaired) electrons.